The predicted molar refractivity (Wildman–Crippen MR) is 120 cm³/mol. The number of nitrogens with one attached hydrogen (secondary N) is 1. The minimum atomic E-state index is -3.84. The second kappa shape index (κ2) is 7.81. The zero-order valence-electron chi connectivity index (χ0n) is 17.5. The number of carbonyl (C=O) groups is 1. The van der Waals surface area contributed by atoms with Crippen molar-refractivity contribution in [1.82, 2.24) is 0 Å². The lowest BCUT2D eigenvalue weighted by Crippen LogP contribution is -2.35. The number of hydrogen-bond acceptors (Lipinski definition) is 3. The molecule has 7 heteroatoms. The molecule has 0 spiro atoms. The van der Waals surface area contributed by atoms with E-state index in [-0.39, 0.29) is 16.8 Å². The topological polar surface area (TPSA) is 66.5 Å². The lowest BCUT2D eigenvalue weighted by Gasteiger charge is -2.24. The Hall–Kier alpha value is -3.19. The van der Waals surface area contributed by atoms with Crippen LogP contribution in [0.3, 0.4) is 0 Å². The summed E-state index contributed by atoms with van der Waals surface area (Å²) < 4.78 is 40.9. The van der Waals surface area contributed by atoms with Gasteiger partial charge in [-0.2, -0.15) is 0 Å². The molecule has 0 aromatic heterocycles. The van der Waals surface area contributed by atoms with Crippen LogP contribution < -0.4 is 9.62 Å². The first kappa shape index (κ1) is 21.1. The summed E-state index contributed by atoms with van der Waals surface area (Å²) in [4.78, 5) is 12.8. The highest BCUT2D eigenvalue weighted by atomic mass is 32.2. The maximum atomic E-state index is 13.2. The van der Waals surface area contributed by atoms with E-state index in [1.807, 2.05) is 39.0 Å². The van der Waals surface area contributed by atoms with Crippen molar-refractivity contribution in [3.05, 3.63) is 88.7 Å². The minimum Gasteiger partial charge on any atom is -0.322 e. The Morgan fingerprint density at radius 1 is 1.06 bits per heavy atom. The molecule has 160 valence electrons. The predicted octanol–water partition coefficient (Wildman–Crippen LogP) is 4.83. The number of fused-ring (bicyclic) bond motifs is 1. The Kier molecular flexibility index (Phi) is 5.31. The third kappa shape index (κ3) is 3.81. The van der Waals surface area contributed by atoms with Gasteiger partial charge < -0.3 is 5.32 Å². The van der Waals surface area contributed by atoms with Crippen LogP contribution in [-0.2, 0) is 16.4 Å². The van der Waals surface area contributed by atoms with Crippen molar-refractivity contribution in [2.75, 3.05) is 9.62 Å². The Labute approximate surface area is 181 Å². The zero-order chi connectivity index (χ0) is 22.3. The van der Waals surface area contributed by atoms with Gasteiger partial charge in [0.2, 0.25) is 0 Å². The number of anilines is 2. The molecule has 1 heterocycles. The number of halogens is 1. The fourth-order valence-corrected chi connectivity index (χ4v) is 5.60. The van der Waals surface area contributed by atoms with Crippen LogP contribution in [0.25, 0.3) is 0 Å². The summed E-state index contributed by atoms with van der Waals surface area (Å²) in [5, 5.41) is 2.94. The smallest absolute Gasteiger partial charge is 0.264 e. The van der Waals surface area contributed by atoms with E-state index in [2.05, 4.69) is 5.32 Å². The normalized spacial score (nSPS) is 15.6. The van der Waals surface area contributed by atoms with Crippen molar-refractivity contribution in [2.24, 2.45) is 0 Å². The summed E-state index contributed by atoms with van der Waals surface area (Å²) in [5.74, 6) is -0.739. The van der Waals surface area contributed by atoms with Gasteiger partial charge in [-0.05, 0) is 92.4 Å². The highest BCUT2D eigenvalue weighted by Gasteiger charge is 2.36. The molecule has 1 N–H and O–H groups in total. The molecule has 1 atom stereocenters. The summed E-state index contributed by atoms with van der Waals surface area (Å²) in [6.07, 6.45) is 0.486. The van der Waals surface area contributed by atoms with Gasteiger partial charge in [0.25, 0.3) is 15.9 Å². The summed E-state index contributed by atoms with van der Waals surface area (Å²) in [5.41, 5.74) is 4.63. The molecule has 0 saturated heterocycles. The van der Waals surface area contributed by atoms with E-state index in [1.54, 1.807) is 18.2 Å². The standard InChI is InChI=1S/C24H23FN2O3S/c1-15-5-4-6-22(17(15)3)26-24(28)18-7-12-23-19(14-18)13-16(2)27(23)31(29,30)21-10-8-20(25)9-11-21/h4-12,14,16H,13H2,1-3H3,(H,26,28)/t16-/m0/s1. The zero-order valence-corrected chi connectivity index (χ0v) is 18.3. The van der Waals surface area contributed by atoms with E-state index in [1.165, 1.54) is 16.4 Å². The van der Waals surface area contributed by atoms with Crippen molar-refractivity contribution in [2.45, 2.75) is 38.1 Å². The van der Waals surface area contributed by atoms with Crippen LogP contribution in [0.2, 0.25) is 0 Å². The van der Waals surface area contributed by atoms with Crippen molar-refractivity contribution in [1.29, 1.82) is 0 Å². The van der Waals surface area contributed by atoms with Gasteiger partial charge >= 0.3 is 0 Å². The third-order valence-electron chi connectivity index (χ3n) is 5.72. The van der Waals surface area contributed by atoms with Gasteiger partial charge in [-0.15, -0.1) is 0 Å². The second-order valence-electron chi connectivity index (χ2n) is 7.85. The van der Waals surface area contributed by atoms with E-state index in [0.717, 1.165) is 34.5 Å². The lowest BCUT2D eigenvalue weighted by atomic mass is 10.1. The van der Waals surface area contributed by atoms with Crippen LogP contribution in [0.1, 0.15) is 34.0 Å². The molecule has 0 fully saturated rings. The molecular formula is C24H23FN2O3S. The van der Waals surface area contributed by atoms with Crippen LogP contribution in [0, 0.1) is 19.7 Å². The maximum absolute atomic E-state index is 13.2. The molecule has 4 rings (SSSR count). The molecule has 3 aromatic carbocycles. The van der Waals surface area contributed by atoms with Crippen LogP contribution in [0.4, 0.5) is 15.8 Å². The second-order valence-corrected chi connectivity index (χ2v) is 9.67. The quantitative estimate of drug-likeness (QED) is 0.634. The molecule has 1 aliphatic heterocycles. The first-order chi connectivity index (χ1) is 14.7. The Morgan fingerprint density at radius 3 is 2.48 bits per heavy atom. The van der Waals surface area contributed by atoms with Gasteiger partial charge in [-0.3, -0.25) is 9.10 Å². The van der Waals surface area contributed by atoms with Gasteiger partial charge in [-0.1, -0.05) is 12.1 Å². The molecule has 1 amide bonds. The fraction of sp³-hybridized carbons (Fsp3) is 0.208. The highest BCUT2D eigenvalue weighted by Crippen LogP contribution is 2.37. The van der Waals surface area contributed by atoms with E-state index in [4.69, 9.17) is 0 Å². The molecule has 31 heavy (non-hydrogen) atoms. The third-order valence-corrected chi connectivity index (χ3v) is 7.66. The minimum absolute atomic E-state index is 0.0327. The number of rotatable bonds is 4. The summed E-state index contributed by atoms with van der Waals surface area (Å²) in [6, 6.07) is 15.2. The van der Waals surface area contributed by atoms with Crippen molar-refractivity contribution >= 4 is 27.3 Å². The molecule has 5 nitrogen and oxygen atoms in total. The number of aryl methyl sites for hydroxylation is 1. The SMILES string of the molecule is Cc1cccc(NC(=O)c2ccc3c(c2)C[C@H](C)N3S(=O)(=O)c2ccc(F)cc2)c1C. The molecule has 0 aliphatic carbocycles. The van der Waals surface area contributed by atoms with Crippen LogP contribution in [0.5, 0.6) is 0 Å². The Bertz CT molecular complexity index is 1270. The van der Waals surface area contributed by atoms with Gasteiger partial charge in [-0.25, -0.2) is 12.8 Å². The molecule has 3 aromatic rings. The van der Waals surface area contributed by atoms with Crippen molar-refractivity contribution in [3.63, 3.8) is 0 Å². The number of nitrogens with zero attached hydrogens (tertiary/aromatic N) is 1. The monoisotopic (exact) mass is 438 g/mol. The lowest BCUT2D eigenvalue weighted by molar-refractivity contribution is 0.102. The van der Waals surface area contributed by atoms with Crippen LogP contribution in [0.15, 0.2) is 65.6 Å². The molecule has 0 bridgehead atoms. The van der Waals surface area contributed by atoms with E-state index in [9.17, 15) is 17.6 Å². The average molecular weight is 439 g/mol. The number of benzene rings is 3. The summed E-state index contributed by atoms with van der Waals surface area (Å²) in [6.45, 7) is 5.75. The molecular weight excluding hydrogens is 415 g/mol. The number of hydrogen-bond donors (Lipinski definition) is 1. The van der Waals surface area contributed by atoms with Crippen molar-refractivity contribution in [3.8, 4) is 0 Å². The highest BCUT2D eigenvalue weighted by molar-refractivity contribution is 7.92. The van der Waals surface area contributed by atoms with E-state index in [0.29, 0.717) is 17.7 Å². The van der Waals surface area contributed by atoms with E-state index < -0.39 is 15.8 Å². The summed E-state index contributed by atoms with van der Waals surface area (Å²) >= 11 is 0. The number of sulfonamides is 1. The summed E-state index contributed by atoms with van der Waals surface area (Å²) in [7, 11) is -3.84. The number of amides is 1. The first-order valence-corrected chi connectivity index (χ1v) is 11.4. The number of carbonyl (C=O) groups excluding carboxylic acids is 1. The van der Waals surface area contributed by atoms with Gasteiger partial charge in [0, 0.05) is 17.3 Å². The van der Waals surface area contributed by atoms with Gasteiger partial charge in [0.05, 0.1) is 10.6 Å². The molecule has 0 unspecified atom stereocenters. The van der Waals surface area contributed by atoms with E-state index >= 15 is 0 Å². The fourth-order valence-electron chi connectivity index (χ4n) is 3.91. The molecule has 0 radical (unpaired) electrons. The largest absolute Gasteiger partial charge is 0.322 e. The van der Waals surface area contributed by atoms with Gasteiger partial charge in [0.15, 0.2) is 0 Å². The molecule has 1 aliphatic rings. The maximum Gasteiger partial charge on any atom is 0.264 e. The van der Waals surface area contributed by atoms with Crippen LogP contribution >= 0.6 is 0 Å². The van der Waals surface area contributed by atoms with Crippen molar-refractivity contribution < 1.29 is 17.6 Å². The Balaban J connectivity index is 1.64. The average Bonchev–Trinajstić information content (AvgIpc) is 3.07. The van der Waals surface area contributed by atoms with Gasteiger partial charge in [0.1, 0.15) is 5.82 Å². The molecule has 0 saturated carbocycles. The first-order valence-electron chi connectivity index (χ1n) is 9.99. The van der Waals surface area contributed by atoms with Crippen LogP contribution in [-0.4, -0.2) is 20.4 Å². The Morgan fingerprint density at radius 2 is 1.77 bits per heavy atom.